The van der Waals surface area contributed by atoms with E-state index in [9.17, 15) is 0 Å². The highest BCUT2D eigenvalue weighted by molar-refractivity contribution is 5.41. The average molecular weight is 178 g/mol. The number of nitrogens with zero attached hydrogens (tertiary/aromatic N) is 3. The zero-order valence-electron chi connectivity index (χ0n) is 8.04. The van der Waals surface area contributed by atoms with E-state index in [0.717, 1.165) is 17.3 Å². The van der Waals surface area contributed by atoms with Gasteiger partial charge < -0.3 is 5.32 Å². The second-order valence-corrected chi connectivity index (χ2v) is 3.47. The molecule has 4 heteroatoms. The van der Waals surface area contributed by atoms with Crippen molar-refractivity contribution in [1.29, 1.82) is 0 Å². The summed E-state index contributed by atoms with van der Waals surface area (Å²) >= 11 is 0. The molecule has 70 valence electrons. The largest absolute Gasteiger partial charge is 0.372 e. The van der Waals surface area contributed by atoms with Gasteiger partial charge in [0.1, 0.15) is 11.5 Å². The molecule has 1 aromatic rings. The summed E-state index contributed by atoms with van der Waals surface area (Å²) < 4.78 is 0. The number of anilines is 1. The van der Waals surface area contributed by atoms with Crippen molar-refractivity contribution in [2.45, 2.75) is 32.1 Å². The average Bonchev–Trinajstić information content (AvgIpc) is 2.05. The second kappa shape index (κ2) is 3.28. The fourth-order valence-corrected chi connectivity index (χ4v) is 1.56. The molecule has 1 aromatic heterocycles. The Kier molecular flexibility index (Phi) is 2.12. The van der Waals surface area contributed by atoms with Crippen LogP contribution in [0.4, 0.5) is 5.82 Å². The molecule has 1 N–H and O–H groups in total. The lowest BCUT2D eigenvalue weighted by Crippen LogP contribution is -2.15. The van der Waals surface area contributed by atoms with Crippen LogP contribution in [0.15, 0.2) is 0 Å². The van der Waals surface area contributed by atoms with E-state index in [0.29, 0.717) is 5.92 Å². The molecule has 1 fully saturated rings. The molecular weight excluding hydrogens is 164 g/mol. The van der Waals surface area contributed by atoms with Gasteiger partial charge in [0, 0.05) is 13.0 Å². The van der Waals surface area contributed by atoms with Crippen LogP contribution in [0.5, 0.6) is 0 Å². The van der Waals surface area contributed by atoms with Gasteiger partial charge in [0.05, 0.1) is 0 Å². The Hall–Kier alpha value is -1.19. The lowest BCUT2D eigenvalue weighted by molar-refractivity contribution is 0.407. The van der Waals surface area contributed by atoms with E-state index < -0.39 is 0 Å². The highest BCUT2D eigenvalue weighted by atomic mass is 15.2. The molecule has 0 spiro atoms. The third-order valence-electron chi connectivity index (χ3n) is 2.55. The number of aryl methyl sites for hydroxylation is 1. The lowest BCUT2D eigenvalue weighted by Gasteiger charge is -2.25. The molecule has 4 nitrogen and oxygen atoms in total. The van der Waals surface area contributed by atoms with Crippen LogP contribution in [0.25, 0.3) is 0 Å². The van der Waals surface area contributed by atoms with Gasteiger partial charge in [0.2, 0.25) is 0 Å². The Balaban J connectivity index is 2.32. The molecule has 2 rings (SSSR count). The van der Waals surface area contributed by atoms with Gasteiger partial charge in [-0.3, -0.25) is 0 Å². The Bertz CT molecular complexity index is 306. The van der Waals surface area contributed by atoms with E-state index in [1.165, 1.54) is 19.3 Å². The Labute approximate surface area is 77.8 Å². The van der Waals surface area contributed by atoms with E-state index in [1.807, 2.05) is 14.0 Å². The summed E-state index contributed by atoms with van der Waals surface area (Å²) in [5.41, 5.74) is 1.04. The van der Waals surface area contributed by atoms with Crippen LogP contribution in [0.1, 0.15) is 36.7 Å². The molecule has 1 aliphatic rings. The fourth-order valence-electron chi connectivity index (χ4n) is 1.56. The highest BCUT2D eigenvalue weighted by Gasteiger charge is 2.24. The van der Waals surface area contributed by atoms with Crippen LogP contribution in [0, 0.1) is 6.92 Å². The molecule has 0 atom stereocenters. The molecule has 1 aliphatic carbocycles. The first kappa shape index (κ1) is 8.41. The van der Waals surface area contributed by atoms with Crippen LogP contribution < -0.4 is 5.32 Å². The minimum atomic E-state index is 0.586. The number of aromatic nitrogens is 3. The number of rotatable bonds is 2. The van der Waals surface area contributed by atoms with Gasteiger partial charge in [-0.1, -0.05) is 6.42 Å². The van der Waals surface area contributed by atoms with Crippen LogP contribution in [-0.4, -0.2) is 22.2 Å². The second-order valence-electron chi connectivity index (χ2n) is 3.47. The Morgan fingerprint density at radius 1 is 1.31 bits per heavy atom. The summed E-state index contributed by atoms with van der Waals surface area (Å²) in [5, 5.41) is 11.3. The maximum Gasteiger partial charge on any atom is 0.151 e. The summed E-state index contributed by atoms with van der Waals surface area (Å²) in [5.74, 6) is 2.22. The van der Waals surface area contributed by atoms with Crippen molar-refractivity contribution >= 4 is 5.82 Å². The first-order valence-corrected chi connectivity index (χ1v) is 4.70. The van der Waals surface area contributed by atoms with Crippen molar-refractivity contribution < 1.29 is 0 Å². The van der Waals surface area contributed by atoms with Gasteiger partial charge in [0.25, 0.3) is 0 Å². The standard InChI is InChI=1S/C9H14N4/c1-6-11-9(10-2)8(13-12-6)7-4-3-5-7/h7H,3-5H2,1-2H3,(H,10,11,12). The summed E-state index contributed by atoms with van der Waals surface area (Å²) in [6.07, 6.45) is 3.77. The molecular formula is C9H14N4. The summed E-state index contributed by atoms with van der Waals surface area (Å²) in [6, 6.07) is 0. The molecule has 0 amide bonds. The third kappa shape index (κ3) is 1.48. The zero-order chi connectivity index (χ0) is 9.26. The SMILES string of the molecule is CNc1nc(C)nnc1C1CCC1. The lowest BCUT2D eigenvalue weighted by atomic mass is 9.83. The Morgan fingerprint density at radius 3 is 2.62 bits per heavy atom. The molecule has 0 aliphatic heterocycles. The van der Waals surface area contributed by atoms with Gasteiger partial charge in [-0.05, 0) is 19.8 Å². The van der Waals surface area contributed by atoms with Crippen molar-refractivity contribution in [1.82, 2.24) is 15.2 Å². The van der Waals surface area contributed by atoms with Crippen molar-refractivity contribution in [2.75, 3.05) is 12.4 Å². The Morgan fingerprint density at radius 2 is 2.08 bits per heavy atom. The first-order chi connectivity index (χ1) is 6.31. The summed E-state index contributed by atoms with van der Waals surface area (Å²) in [7, 11) is 1.88. The predicted molar refractivity (Wildman–Crippen MR) is 50.7 cm³/mol. The summed E-state index contributed by atoms with van der Waals surface area (Å²) in [6.45, 7) is 1.86. The predicted octanol–water partition coefficient (Wildman–Crippen LogP) is 1.49. The molecule has 0 unspecified atom stereocenters. The molecule has 1 saturated carbocycles. The van der Waals surface area contributed by atoms with Gasteiger partial charge in [-0.2, -0.15) is 0 Å². The molecule has 0 bridgehead atoms. The van der Waals surface area contributed by atoms with E-state index in [-0.39, 0.29) is 0 Å². The smallest absolute Gasteiger partial charge is 0.151 e. The summed E-state index contributed by atoms with van der Waals surface area (Å²) in [4.78, 5) is 4.31. The molecule has 1 heterocycles. The van der Waals surface area contributed by atoms with Crippen molar-refractivity contribution in [3.63, 3.8) is 0 Å². The molecule has 13 heavy (non-hydrogen) atoms. The maximum absolute atomic E-state index is 4.31. The number of hydrogen-bond acceptors (Lipinski definition) is 4. The van der Waals surface area contributed by atoms with Gasteiger partial charge in [0.15, 0.2) is 5.82 Å². The monoisotopic (exact) mass is 178 g/mol. The van der Waals surface area contributed by atoms with Crippen molar-refractivity contribution in [2.24, 2.45) is 0 Å². The van der Waals surface area contributed by atoms with E-state index in [2.05, 4.69) is 20.5 Å². The van der Waals surface area contributed by atoms with Gasteiger partial charge in [-0.25, -0.2) is 4.98 Å². The first-order valence-electron chi connectivity index (χ1n) is 4.70. The minimum Gasteiger partial charge on any atom is -0.372 e. The van der Waals surface area contributed by atoms with Crippen LogP contribution in [-0.2, 0) is 0 Å². The third-order valence-corrected chi connectivity index (χ3v) is 2.55. The van der Waals surface area contributed by atoms with Crippen LogP contribution >= 0.6 is 0 Å². The van der Waals surface area contributed by atoms with Crippen LogP contribution in [0.2, 0.25) is 0 Å². The molecule has 0 radical (unpaired) electrons. The number of hydrogen-bond donors (Lipinski definition) is 1. The van der Waals surface area contributed by atoms with E-state index in [4.69, 9.17) is 0 Å². The van der Waals surface area contributed by atoms with Crippen LogP contribution in [0.3, 0.4) is 0 Å². The van der Waals surface area contributed by atoms with E-state index in [1.54, 1.807) is 0 Å². The van der Waals surface area contributed by atoms with Crippen molar-refractivity contribution in [3.8, 4) is 0 Å². The van der Waals surface area contributed by atoms with Gasteiger partial charge in [-0.15, -0.1) is 10.2 Å². The minimum absolute atomic E-state index is 0.586. The zero-order valence-corrected chi connectivity index (χ0v) is 8.04. The topological polar surface area (TPSA) is 50.7 Å². The van der Waals surface area contributed by atoms with Crippen molar-refractivity contribution in [3.05, 3.63) is 11.5 Å². The number of nitrogens with one attached hydrogen (secondary N) is 1. The fraction of sp³-hybridized carbons (Fsp3) is 0.667. The molecule has 0 saturated heterocycles. The maximum atomic E-state index is 4.31. The van der Waals surface area contributed by atoms with E-state index >= 15 is 0 Å². The van der Waals surface area contributed by atoms with Gasteiger partial charge >= 0.3 is 0 Å². The molecule has 0 aromatic carbocycles. The quantitative estimate of drug-likeness (QED) is 0.745. The normalized spacial score (nSPS) is 16.8. The highest BCUT2D eigenvalue weighted by Crippen LogP contribution is 2.37.